The second-order valence-corrected chi connectivity index (χ2v) is 6.62. The third kappa shape index (κ3) is 4.33. The van der Waals surface area contributed by atoms with Gasteiger partial charge in [-0.2, -0.15) is 13.2 Å². The summed E-state index contributed by atoms with van der Waals surface area (Å²) in [7, 11) is 1.68. The molecule has 2 aliphatic rings. The molecule has 1 aromatic rings. The monoisotopic (exact) mass is 371 g/mol. The number of amides is 1. The molecule has 0 unspecified atom stereocenters. The van der Waals surface area contributed by atoms with Crippen molar-refractivity contribution in [2.24, 2.45) is 16.6 Å². The molecule has 3 N–H and O–H groups in total. The molecule has 1 aliphatic carbocycles. The first-order valence-electron chi connectivity index (χ1n) is 7.92. The van der Waals surface area contributed by atoms with Crippen LogP contribution in [0.25, 0.3) is 0 Å². The summed E-state index contributed by atoms with van der Waals surface area (Å²) in [6.45, 7) is 2.05. The van der Waals surface area contributed by atoms with Crippen molar-refractivity contribution >= 4 is 17.8 Å². The molecule has 0 aromatic heterocycles. The van der Waals surface area contributed by atoms with E-state index in [1.54, 1.807) is 7.05 Å². The van der Waals surface area contributed by atoms with Crippen LogP contribution in [0.15, 0.2) is 35.3 Å². The van der Waals surface area contributed by atoms with Gasteiger partial charge >= 0.3 is 12.1 Å². The molecule has 1 aliphatic heterocycles. The van der Waals surface area contributed by atoms with E-state index in [-0.39, 0.29) is 11.4 Å². The molecule has 0 radical (unpaired) electrons. The Morgan fingerprint density at radius 3 is 2.35 bits per heavy atom. The molecule has 0 saturated heterocycles. The van der Waals surface area contributed by atoms with E-state index in [4.69, 9.17) is 15.6 Å². The van der Waals surface area contributed by atoms with E-state index in [9.17, 15) is 18.0 Å². The second-order valence-electron chi connectivity index (χ2n) is 6.62. The summed E-state index contributed by atoms with van der Waals surface area (Å²) in [6.07, 6.45) is -3.54. The molecule has 26 heavy (non-hydrogen) atoms. The summed E-state index contributed by atoms with van der Waals surface area (Å²) in [6, 6.07) is 10.4. The van der Waals surface area contributed by atoms with Crippen LogP contribution in [0.4, 0.5) is 13.2 Å². The number of rotatable bonds is 2. The number of carboxylic acids is 1. The molecule has 6 nitrogen and oxygen atoms in total. The van der Waals surface area contributed by atoms with E-state index in [1.807, 2.05) is 6.07 Å². The van der Waals surface area contributed by atoms with Gasteiger partial charge in [0.2, 0.25) is 5.91 Å². The quantitative estimate of drug-likeness (QED) is 0.834. The molecule has 1 aromatic carbocycles. The molecule has 1 heterocycles. The van der Waals surface area contributed by atoms with Gasteiger partial charge in [-0.1, -0.05) is 30.3 Å². The Bertz CT molecular complexity index is 721. The van der Waals surface area contributed by atoms with Crippen LogP contribution in [0.1, 0.15) is 31.2 Å². The lowest BCUT2D eigenvalue weighted by Crippen LogP contribution is -2.49. The van der Waals surface area contributed by atoms with E-state index < -0.39 is 12.1 Å². The maximum absolute atomic E-state index is 12.0. The topological polar surface area (TPSA) is 96.0 Å². The molecule has 1 fully saturated rings. The number of carboxylic acid groups (broad SMARTS) is 1. The average Bonchev–Trinajstić information content (AvgIpc) is 3.34. The number of benzene rings is 1. The van der Waals surface area contributed by atoms with Gasteiger partial charge in [0.1, 0.15) is 0 Å². The van der Waals surface area contributed by atoms with Crippen LogP contribution in [-0.4, -0.2) is 46.6 Å². The van der Waals surface area contributed by atoms with Gasteiger partial charge < -0.3 is 10.8 Å². The van der Waals surface area contributed by atoms with E-state index in [1.165, 1.54) is 10.5 Å². The van der Waals surface area contributed by atoms with Gasteiger partial charge in [0.15, 0.2) is 5.96 Å². The number of guanidine groups is 1. The number of nitrogens with zero attached hydrogens (tertiary/aromatic N) is 2. The summed E-state index contributed by atoms with van der Waals surface area (Å²) in [4.78, 5) is 26.9. The fraction of sp³-hybridized carbons (Fsp3) is 0.471. The SMILES string of the molecule is CN1C(=O)C[C@@](C)([C@@H]2C[C@H]2c2ccccc2)N=C1N.O=C(O)C(F)(F)F. The zero-order chi connectivity index (χ0) is 19.7. The molecular weight excluding hydrogens is 351 g/mol. The third-order valence-corrected chi connectivity index (χ3v) is 4.66. The molecule has 1 amide bonds. The Balaban J connectivity index is 0.000000298. The zero-order valence-electron chi connectivity index (χ0n) is 14.3. The Kier molecular flexibility index (Phi) is 5.29. The van der Waals surface area contributed by atoms with Gasteiger partial charge in [-0.15, -0.1) is 0 Å². The van der Waals surface area contributed by atoms with Gasteiger partial charge in [-0.25, -0.2) is 9.79 Å². The van der Waals surface area contributed by atoms with Crippen LogP contribution in [0.2, 0.25) is 0 Å². The number of carbonyl (C=O) groups excluding carboxylic acids is 1. The first kappa shape index (κ1) is 19.7. The average molecular weight is 371 g/mol. The molecule has 0 bridgehead atoms. The minimum atomic E-state index is -5.08. The predicted molar refractivity (Wildman–Crippen MR) is 88.4 cm³/mol. The van der Waals surface area contributed by atoms with Crippen molar-refractivity contribution in [2.75, 3.05) is 7.05 Å². The highest BCUT2D eigenvalue weighted by Crippen LogP contribution is 2.56. The van der Waals surface area contributed by atoms with Crippen LogP contribution in [-0.2, 0) is 9.59 Å². The van der Waals surface area contributed by atoms with Crippen LogP contribution in [0, 0.1) is 5.92 Å². The van der Waals surface area contributed by atoms with Crippen molar-refractivity contribution in [3.05, 3.63) is 35.9 Å². The fourth-order valence-corrected chi connectivity index (χ4v) is 3.09. The highest BCUT2D eigenvalue weighted by atomic mass is 19.4. The number of alkyl halides is 3. The third-order valence-electron chi connectivity index (χ3n) is 4.66. The number of halogens is 3. The first-order valence-corrected chi connectivity index (χ1v) is 7.92. The highest BCUT2D eigenvalue weighted by Gasteiger charge is 2.53. The Labute approximate surface area is 148 Å². The van der Waals surface area contributed by atoms with Crippen LogP contribution in [0.3, 0.4) is 0 Å². The van der Waals surface area contributed by atoms with Crippen molar-refractivity contribution in [2.45, 2.75) is 37.4 Å². The lowest BCUT2D eigenvalue weighted by molar-refractivity contribution is -0.192. The van der Waals surface area contributed by atoms with Gasteiger partial charge in [0.25, 0.3) is 0 Å². The smallest absolute Gasteiger partial charge is 0.475 e. The summed E-state index contributed by atoms with van der Waals surface area (Å²) < 4.78 is 31.7. The number of aliphatic imine (C=N–C) groups is 1. The predicted octanol–water partition coefficient (Wildman–Crippen LogP) is 2.36. The largest absolute Gasteiger partial charge is 0.490 e. The normalized spacial score (nSPS) is 28.0. The standard InChI is InChI=1S/C15H19N3O.C2HF3O2/c1-15(9-13(19)18(2)14(16)17-15)12-8-11(12)10-6-4-3-5-7-10;3-2(4,5)1(6)7/h3-7,11-12H,8-9H2,1-2H3,(H2,16,17);(H,6,7)/t11-,12+,15-;/m0./s1. The highest BCUT2D eigenvalue weighted by molar-refractivity contribution is 5.98. The summed E-state index contributed by atoms with van der Waals surface area (Å²) >= 11 is 0. The fourth-order valence-electron chi connectivity index (χ4n) is 3.09. The van der Waals surface area contributed by atoms with Crippen molar-refractivity contribution in [3.8, 4) is 0 Å². The van der Waals surface area contributed by atoms with Crippen molar-refractivity contribution in [1.29, 1.82) is 0 Å². The molecule has 3 atom stereocenters. The molecule has 0 spiro atoms. The van der Waals surface area contributed by atoms with E-state index in [0.717, 1.165) is 6.42 Å². The molecule has 9 heteroatoms. The number of carbonyl (C=O) groups is 2. The number of hydrogen-bond acceptors (Lipinski definition) is 4. The maximum Gasteiger partial charge on any atom is 0.490 e. The van der Waals surface area contributed by atoms with Gasteiger partial charge in [-0.3, -0.25) is 9.69 Å². The van der Waals surface area contributed by atoms with Gasteiger partial charge in [-0.05, 0) is 30.7 Å². The van der Waals surface area contributed by atoms with Crippen LogP contribution >= 0.6 is 0 Å². The van der Waals surface area contributed by atoms with E-state index in [0.29, 0.717) is 24.2 Å². The molecular formula is C17H20F3N3O3. The van der Waals surface area contributed by atoms with Crippen molar-refractivity contribution in [1.82, 2.24) is 4.90 Å². The van der Waals surface area contributed by atoms with Gasteiger partial charge in [0.05, 0.1) is 12.0 Å². The minimum absolute atomic E-state index is 0.0636. The zero-order valence-corrected chi connectivity index (χ0v) is 14.3. The molecule has 3 rings (SSSR count). The van der Waals surface area contributed by atoms with E-state index >= 15 is 0 Å². The molecule has 142 valence electrons. The summed E-state index contributed by atoms with van der Waals surface area (Å²) in [5.74, 6) is -1.41. The number of nitrogens with two attached hydrogens (primary N) is 1. The number of hydrogen-bond donors (Lipinski definition) is 2. The minimum Gasteiger partial charge on any atom is -0.475 e. The Morgan fingerprint density at radius 2 is 1.88 bits per heavy atom. The Morgan fingerprint density at radius 1 is 1.35 bits per heavy atom. The maximum atomic E-state index is 12.0. The Hall–Kier alpha value is -2.58. The molecule has 1 saturated carbocycles. The van der Waals surface area contributed by atoms with Crippen LogP contribution < -0.4 is 5.73 Å². The van der Waals surface area contributed by atoms with Crippen LogP contribution in [0.5, 0.6) is 0 Å². The van der Waals surface area contributed by atoms with Gasteiger partial charge in [0, 0.05) is 7.05 Å². The lowest BCUT2D eigenvalue weighted by atomic mass is 9.88. The lowest BCUT2D eigenvalue weighted by Gasteiger charge is -2.33. The van der Waals surface area contributed by atoms with E-state index in [2.05, 4.69) is 36.2 Å². The summed E-state index contributed by atoms with van der Waals surface area (Å²) in [5.41, 5.74) is 6.85. The van der Waals surface area contributed by atoms with Crippen molar-refractivity contribution < 1.29 is 27.9 Å². The summed E-state index contributed by atoms with van der Waals surface area (Å²) in [5, 5.41) is 7.12. The van der Waals surface area contributed by atoms with Crippen molar-refractivity contribution in [3.63, 3.8) is 0 Å². The first-order chi connectivity index (χ1) is 12.0. The second kappa shape index (κ2) is 6.97. The number of aliphatic carboxylic acids is 1.